The molecule has 0 bridgehead atoms. The third kappa shape index (κ3) is 6.07. The van der Waals surface area contributed by atoms with Crippen LogP contribution in [0.3, 0.4) is 0 Å². The summed E-state index contributed by atoms with van der Waals surface area (Å²) in [5.74, 6) is -1.75. The van der Waals surface area contributed by atoms with Crippen LogP contribution in [0.5, 0.6) is 5.75 Å². The minimum absolute atomic E-state index is 0.0106. The van der Waals surface area contributed by atoms with Gasteiger partial charge in [-0.3, -0.25) is 4.79 Å². The average Bonchev–Trinajstić information content (AvgIpc) is 3.03. The molecule has 0 aliphatic carbocycles. The number of ether oxygens (including phenoxy) is 3. The first kappa shape index (κ1) is 18.1. The molecule has 1 heterocycles. The fourth-order valence-corrected chi connectivity index (χ4v) is 2.09. The van der Waals surface area contributed by atoms with E-state index in [1.807, 2.05) is 0 Å². The molecule has 132 valence electrons. The summed E-state index contributed by atoms with van der Waals surface area (Å²) in [6.45, 7) is 0.537. The van der Waals surface area contributed by atoms with Crippen molar-refractivity contribution in [3.8, 4) is 5.75 Å². The van der Waals surface area contributed by atoms with Crippen molar-refractivity contribution in [3.05, 3.63) is 29.8 Å². The molecule has 1 N–H and O–H groups in total. The van der Waals surface area contributed by atoms with Crippen LogP contribution in [0, 0.1) is 0 Å². The normalized spacial score (nSPS) is 17.4. The number of amides is 1. The summed E-state index contributed by atoms with van der Waals surface area (Å²) < 4.78 is 49.9. The summed E-state index contributed by atoms with van der Waals surface area (Å²) >= 11 is 0. The lowest BCUT2D eigenvalue weighted by atomic mass is 10.2. The molecule has 1 amide bonds. The van der Waals surface area contributed by atoms with E-state index in [0.29, 0.717) is 13.2 Å². The lowest BCUT2D eigenvalue weighted by Gasteiger charge is -2.11. The SMILES string of the molecule is O=C(COC(=O)c1ccc(OC(F)(F)F)cc1)NC[C@@H]1CCCO1. The molecule has 1 atom stereocenters. The molecule has 0 aromatic heterocycles. The van der Waals surface area contributed by atoms with Gasteiger partial charge in [-0.2, -0.15) is 0 Å². The van der Waals surface area contributed by atoms with Crippen molar-refractivity contribution in [2.75, 3.05) is 19.8 Å². The van der Waals surface area contributed by atoms with Crippen molar-refractivity contribution in [1.82, 2.24) is 5.32 Å². The number of carbonyl (C=O) groups excluding carboxylic acids is 2. The van der Waals surface area contributed by atoms with Gasteiger partial charge in [-0.15, -0.1) is 13.2 Å². The van der Waals surface area contributed by atoms with E-state index in [1.165, 1.54) is 0 Å². The summed E-state index contributed by atoms with van der Waals surface area (Å²) in [4.78, 5) is 23.3. The lowest BCUT2D eigenvalue weighted by Crippen LogP contribution is -2.34. The van der Waals surface area contributed by atoms with E-state index >= 15 is 0 Å². The van der Waals surface area contributed by atoms with Crippen molar-refractivity contribution in [1.29, 1.82) is 0 Å². The fraction of sp³-hybridized carbons (Fsp3) is 0.467. The molecular weight excluding hydrogens is 331 g/mol. The Labute approximate surface area is 135 Å². The summed E-state index contributed by atoms with van der Waals surface area (Å²) in [5.41, 5.74) is 0.0106. The zero-order chi connectivity index (χ0) is 17.6. The Morgan fingerprint density at radius 2 is 1.96 bits per heavy atom. The third-order valence-electron chi connectivity index (χ3n) is 3.21. The van der Waals surface area contributed by atoms with Gasteiger partial charge in [0, 0.05) is 13.2 Å². The van der Waals surface area contributed by atoms with Gasteiger partial charge in [0.15, 0.2) is 6.61 Å². The maximum Gasteiger partial charge on any atom is 0.573 e. The number of hydrogen-bond acceptors (Lipinski definition) is 5. The summed E-state index contributed by atoms with van der Waals surface area (Å²) in [6.07, 6.45) is -3.01. The van der Waals surface area contributed by atoms with Gasteiger partial charge in [0.2, 0.25) is 0 Å². The zero-order valence-electron chi connectivity index (χ0n) is 12.6. The van der Waals surface area contributed by atoms with Crippen molar-refractivity contribution in [2.45, 2.75) is 25.3 Å². The van der Waals surface area contributed by atoms with Gasteiger partial charge in [-0.25, -0.2) is 4.79 Å². The Hall–Kier alpha value is -2.29. The molecule has 6 nitrogen and oxygen atoms in total. The van der Waals surface area contributed by atoms with Crippen LogP contribution in [0.15, 0.2) is 24.3 Å². The van der Waals surface area contributed by atoms with Gasteiger partial charge in [-0.05, 0) is 37.1 Å². The van der Waals surface area contributed by atoms with Crippen molar-refractivity contribution in [3.63, 3.8) is 0 Å². The molecule has 1 aromatic rings. The van der Waals surface area contributed by atoms with E-state index in [2.05, 4.69) is 10.1 Å². The molecule has 9 heteroatoms. The monoisotopic (exact) mass is 347 g/mol. The van der Waals surface area contributed by atoms with E-state index in [4.69, 9.17) is 9.47 Å². The van der Waals surface area contributed by atoms with Crippen LogP contribution in [0.25, 0.3) is 0 Å². The average molecular weight is 347 g/mol. The maximum absolute atomic E-state index is 12.0. The number of rotatable bonds is 6. The zero-order valence-corrected chi connectivity index (χ0v) is 12.6. The predicted molar refractivity (Wildman–Crippen MR) is 75.4 cm³/mol. The highest BCUT2D eigenvalue weighted by atomic mass is 19.4. The van der Waals surface area contributed by atoms with Crippen LogP contribution in [-0.2, 0) is 14.3 Å². The molecule has 1 aliphatic rings. The lowest BCUT2D eigenvalue weighted by molar-refractivity contribution is -0.274. The highest BCUT2D eigenvalue weighted by Crippen LogP contribution is 2.22. The van der Waals surface area contributed by atoms with Crippen molar-refractivity contribution >= 4 is 11.9 Å². The largest absolute Gasteiger partial charge is 0.573 e. The first-order chi connectivity index (χ1) is 11.3. The Balaban J connectivity index is 1.74. The van der Waals surface area contributed by atoms with Gasteiger partial charge in [-0.1, -0.05) is 0 Å². The molecule has 1 aliphatic heterocycles. The summed E-state index contributed by atoms with van der Waals surface area (Å²) in [7, 11) is 0. The second-order valence-electron chi connectivity index (χ2n) is 5.09. The third-order valence-corrected chi connectivity index (χ3v) is 3.21. The van der Waals surface area contributed by atoms with E-state index in [9.17, 15) is 22.8 Å². The van der Waals surface area contributed by atoms with Gasteiger partial charge in [0.1, 0.15) is 5.75 Å². The molecule has 2 rings (SSSR count). The van der Waals surface area contributed by atoms with Crippen LogP contribution in [-0.4, -0.2) is 44.1 Å². The van der Waals surface area contributed by atoms with Crippen LogP contribution in [0.4, 0.5) is 13.2 Å². The summed E-state index contributed by atoms with van der Waals surface area (Å²) in [5, 5.41) is 2.58. The molecule has 1 aromatic carbocycles. The van der Waals surface area contributed by atoms with E-state index < -0.39 is 30.6 Å². The summed E-state index contributed by atoms with van der Waals surface area (Å²) in [6, 6.07) is 4.21. The number of esters is 1. The number of carbonyl (C=O) groups is 2. The Kier molecular flexibility index (Phi) is 6.02. The Morgan fingerprint density at radius 1 is 1.25 bits per heavy atom. The van der Waals surface area contributed by atoms with Crippen LogP contribution < -0.4 is 10.1 Å². The standard InChI is InChI=1S/C15H16F3NO5/c16-15(17,18)24-11-5-3-10(4-6-11)14(21)23-9-13(20)19-8-12-2-1-7-22-12/h3-6,12H,1-2,7-9H2,(H,19,20)/t12-/m0/s1. The van der Waals surface area contributed by atoms with Gasteiger partial charge in [0.25, 0.3) is 5.91 Å². The van der Waals surface area contributed by atoms with Crippen LogP contribution >= 0.6 is 0 Å². The number of alkyl halides is 3. The van der Waals surface area contributed by atoms with Crippen LogP contribution in [0.1, 0.15) is 23.2 Å². The number of halogens is 3. The highest BCUT2D eigenvalue weighted by molar-refractivity contribution is 5.91. The molecule has 1 fully saturated rings. The molecule has 1 saturated heterocycles. The second-order valence-corrected chi connectivity index (χ2v) is 5.09. The maximum atomic E-state index is 12.0. The topological polar surface area (TPSA) is 73.9 Å². The fourth-order valence-electron chi connectivity index (χ4n) is 2.09. The van der Waals surface area contributed by atoms with Crippen molar-refractivity contribution < 1.29 is 37.0 Å². The minimum Gasteiger partial charge on any atom is -0.452 e. The molecule has 0 saturated carbocycles. The Bertz CT molecular complexity index is 567. The molecule has 0 radical (unpaired) electrons. The van der Waals surface area contributed by atoms with Gasteiger partial charge >= 0.3 is 12.3 Å². The van der Waals surface area contributed by atoms with Crippen LogP contribution in [0.2, 0.25) is 0 Å². The van der Waals surface area contributed by atoms with Crippen molar-refractivity contribution in [2.24, 2.45) is 0 Å². The highest BCUT2D eigenvalue weighted by Gasteiger charge is 2.31. The number of hydrogen-bond donors (Lipinski definition) is 1. The number of nitrogens with one attached hydrogen (secondary N) is 1. The van der Waals surface area contributed by atoms with Gasteiger partial charge in [0.05, 0.1) is 11.7 Å². The van der Waals surface area contributed by atoms with Gasteiger partial charge < -0.3 is 19.5 Å². The molecule has 24 heavy (non-hydrogen) atoms. The predicted octanol–water partition coefficient (Wildman–Crippen LogP) is 2.04. The Morgan fingerprint density at radius 3 is 2.54 bits per heavy atom. The van der Waals surface area contributed by atoms with E-state index in [-0.39, 0.29) is 11.7 Å². The smallest absolute Gasteiger partial charge is 0.452 e. The first-order valence-electron chi connectivity index (χ1n) is 7.25. The van der Waals surface area contributed by atoms with E-state index in [1.54, 1.807) is 0 Å². The number of benzene rings is 1. The molecule has 0 spiro atoms. The minimum atomic E-state index is -4.80. The quantitative estimate of drug-likeness (QED) is 0.797. The second kappa shape index (κ2) is 8.00. The molecular formula is C15H16F3NO5. The van der Waals surface area contributed by atoms with E-state index in [0.717, 1.165) is 37.1 Å². The first-order valence-corrected chi connectivity index (χ1v) is 7.25. The molecule has 0 unspecified atom stereocenters.